The molecule has 4 unspecified atom stereocenters. The van der Waals surface area contributed by atoms with Crippen molar-refractivity contribution in [2.45, 2.75) is 130 Å². The Balaban J connectivity index is 2.73. The van der Waals surface area contributed by atoms with Crippen molar-refractivity contribution in [3.05, 3.63) is 65.7 Å². The molecule has 0 heterocycles. The first-order chi connectivity index (χ1) is 23.2. The quantitative estimate of drug-likeness (QED) is 0.171. The Morgan fingerprint density at radius 2 is 1.36 bits per heavy atom. The van der Waals surface area contributed by atoms with Crippen LogP contribution in [0, 0.1) is 5.92 Å². The largest absolute Gasteiger partial charge is 0.508 e. The Morgan fingerprint density at radius 1 is 0.780 bits per heavy atom. The van der Waals surface area contributed by atoms with E-state index in [0.29, 0.717) is 12.8 Å². The van der Waals surface area contributed by atoms with E-state index in [2.05, 4.69) is 10.6 Å². The SMILES string of the molecule is CC(C)CCC(C)N(C(=O)C(CCC(N)=O)NC(=O)OC(C)(C)C)C(C(=O)NC(Cc1ccccc1)C(=O)OC(C)(C)C)c1ccccc1O. The highest BCUT2D eigenvalue weighted by Crippen LogP contribution is 2.33. The molecule has 0 fully saturated rings. The molecule has 50 heavy (non-hydrogen) atoms. The third-order valence-corrected chi connectivity index (χ3v) is 7.61. The van der Waals surface area contributed by atoms with Crippen molar-refractivity contribution in [2.75, 3.05) is 0 Å². The molecule has 0 aliphatic rings. The number of carbonyl (C=O) groups is 5. The van der Waals surface area contributed by atoms with Gasteiger partial charge in [0.15, 0.2) is 0 Å². The number of para-hydroxylation sites is 1. The van der Waals surface area contributed by atoms with E-state index in [1.54, 1.807) is 60.6 Å². The molecule has 2 aromatic carbocycles. The highest BCUT2D eigenvalue weighted by Gasteiger charge is 2.41. The maximum Gasteiger partial charge on any atom is 0.408 e. The minimum Gasteiger partial charge on any atom is -0.508 e. The summed E-state index contributed by atoms with van der Waals surface area (Å²) in [5.41, 5.74) is 4.56. The maximum absolute atomic E-state index is 14.7. The molecule has 4 atom stereocenters. The van der Waals surface area contributed by atoms with Gasteiger partial charge in [-0.05, 0) is 85.3 Å². The molecular weight excluding hydrogens is 640 g/mol. The van der Waals surface area contributed by atoms with Crippen LogP contribution < -0.4 is 16.4 Å². The number of carbonyl (C=O) groups excluding carboxylic acids is 5. The van der Waals surface area contributed by atoms with Crippen LogP contribution in [0.15, 0.2) is 54.6 Å². The summed E-state index contributed by atoms with van der Waals surface area (Å²) in [5, 5.41) is 16.5. The molecule has 5 N–H and O–H groups in total. The van der Waals surface area contributed by atoms with Crippen LogP contribution in [-0.2, 0) is 35.1 Å². The lowest BCUT2D eigenvalue weighted by Crippen LogP contribution is -2.57. The van der Waals surface area contributed by atoms with Gasteiger partial charge in [0.05, 0.1) is 0 Å². The molecule has 0 bridgehead atoms. The van der Waals surface area contributed by atoms with Crippen LogP contribution in [0.2, 0.25) is 0 Å². The molecule has 0 aliphatic heterocycles. The lowest BCUT2D eigenvalue weighted by Gasteiger charge is -2.39. The van der Waals surface area contributed by atoms with E-state index in [-0.39, 0.29) is 36.5 Å². The summed E-state index contributed by atoms with van der Waals surface area (Å²) in [7, 11) is 0. The minimum absolute atomic E-state index is 0.0905. The number of benzene rings is 2. The van der Waals surface area contributed by atoms with Gasteiger partial charge in [-0.3, -0.25) is 14.4 Å². The van der Waals surface area contributed by atoms with Crippen molar-refractivity contribution in [2.24, 2.45) is 11.7 Å². The second kappa shape index (κ2) is 18.4. The summed E-state index contributed by atoms with van der Waals surface area (Å²) in [6.45, 7) is 16.0. The average molecular weight is 697 g/mol. The summed E-state index contributed by atoms with van der Waals surface area (Å²) < 4.78 is 11.1. The zero-order chi connectivity index (χ0) is 37.8. The summed E-state index contributed by atoms with van der Waals surface area (Å²) in [5.74, 6) is -2.83. The number of primary amides is 1. The highest BCUT2D eigenvalue weighted by atomic mass is 16.6. The summed E-state index contributed by atoms with van der Waals surface area (Å²) in [6, 6.07) is 10.6. The molecule has 0 spiro atoms. The van der Waals surface area contributed by atoms with Gasteiger partial charge < -0.3 is 35.8 Å². The van der Waals surface area contributed by atoms with Crippen molar-refractivity contribution in [1.29, 1.82) is 0 Å². The standard InChI is InChI=1S/C38H56N4O8/c1-24(2)19-20-25(3)42(34(46)28(21-22-31(39)44)41-36(48)50-38(7,8)9)32(27-17-13-14-18-30(27)43)33(45)40-29(35(47)49-37(4,5)6)23-26-15-11-10-12-16-26/h10-18,24-25,28-29,32,43H,19-23H2,1-9H3,(H2,39,44)(H,40,45)(H,41,48). The lowest BCUT2D eigenvalue weighted by atomic mass is 9.95. The summed E-state index contributed by atoms with van der Waals surface area (Å²) in [6.07, 6.45) is -0.0925. The van der Waals surface area contributed by atoms with E-state index in [9.17, 15) is 29.1 Å². The van der Waals surface area contributed by atoms with Gasteiger partial charge in [-0.2, -0.15) is 0 Å². The number of esters is 1. The minimum atomic E-state index is -1.47. The van der Waals surface area contributed by atoms with Crippen molar-refractivity contribution < 1.29 is 38.6 Å². The van der Waals surface area contributed by atoms with Crippen molar-refractivity contribution in [1.82, 2.24) is 15.5 Å². The Labute approximate surface area is 296 Å². The number of nitrogens with two attached hydrogens (primary N) is 1. The monoisotopic (exact) mass is 696 g/mol. The molecule has 0 aliphatic carbocycles. The van der Waals surface area contributed by atoms with Gasteiger partial charge in [0.1, 0.15) is 35.1 Å². The number of alkyl carbamates (subject to hydrolysis) is 1. The molecule has 276 valence electrons. The second-order valence-electron chi connectivity index (χ2n) is 15.0. The number of hydrogen-bond acceptors (Lipinski definition) is 8. The fourth-order valence-electron chi connectivity index (χ4n) is 5.29. The Kier molecular flexibility index (Phi) is 15.3. The lowest BCUT2D eigenvalue weighted by molar-refractivity contribution is -0.159. The number of nitrogens with one attached hydrogen (secondary N) is 2. The van der Waals surface area contributed by atoms with E-state index < -0.39 is 65.2 Å². The van der Waals surface area contributed by atoms with Crippen LogP contribution in [0.3, 0.4) is 0 Å². The van der Waals surface area contributed by atoms with Gasteiger partial charge in [-0.25, -0.2) is 9.59 Å². The van der Waals surface area contributed by atoms with Gasteiger partial charge in [0, 0.05) is 24.4 Å². The van der Waals surface area contributed by atoms with Crippen LogP contribution in [0.1, 0.15) is 105 Å². The molecule has 0 saturated heterocycles. The first kappa shape index (κ1) is 41.6. The number of rotatable bonds is 16. The first-order valence-corrected chi connectivity index (χ1v) is 17.1. The van der Waals surface area contributed by atoms with E-state index >= 15 is 0 Å². The number of phenolic OH excluding ortho intramolecular Hbond substituents is 1. The molecular formula is C38H56N4O8. The van der Waals surface area contributed by atoms with E-state index in [1.165, 1.54) is 17.0 Å². The number of hydrogen-bond donors (Lipinski definition) is 4. The van der Waals surface area contributed by atoms with Crippen LogP contribution in [0.4, 0.5) is 4.79 Å². The molecule has 12 heteroatoms. The molecule has 0 saturated carbocycles. The third kappa shape index (κ3) is 14.1. The Hall–Kier alpha value is -4.61. The predicted molar refractivity (Wildman–Crippen MR) is 191 cm³/mol. The fourth-order valence-corrected chi connectivity index (χ4v) is 5.29. The number of aromatic hydroxyl groups is 1. The summed E-state index contributed by atoms with van der Waals surface area (Å²) >= 11 is 0. The zero-order valence-electron chi connectivity index (χ0n) is 30.9. The topological polar surface area (TPSA) is 177 Å². The van der Waals surface area contributed by atoms with Gasteiger partial charge in [-0.15, -0.1) is 0 Å². The number of ether oxygens (including phenoxy) is 2. The number of phenols is 1. The van der Waals surface area contributed by atoms with Gasteiger partial charge >= 0.3 is 12.1 Å². The van der Waals surface area contributed by atoms with Crippen LogP contribution >= 0.6 is 0 Å². The molecule has 2 aromatic rings. The first-order valence-electron chi connectivity index (χ1n) is 17.1. The fraction of sp³-hybridized carbons (Fsp3) is 0.553. The smallest absolute Gasteiger partial charge is 0.408 e. The number of amides is 4. The zero-order valence-corrected chi connectivity index (χ0v) is 30.9. The van der Waals surface area contributed by atoms with E-state index in [0.717, 1.165) is 5.56 Å². The molecule has 0 aromatic heterocycles. The van der Waals surface area contributed by atoms with Gasteiger partial charge in [0.25, 0.3) is 0 Å². The van der Waals surface area contributed by atoms with Crippen LogP contribution in [0.5, 0.6) is 5.75 Å². The number of nitrogens with zero attached hydrogens (tertiary/aromatic N) is 1. The average Bonchev–Trinajstić information content (AvgIpc) is 2.99. The molecule has 12 nitrogen and oxygen atoms in total. The van der Waals surface area contributed by atoms with Crippen molar-refractivity contribution in [3.63, 3.8) is 0 Å². The molecule has 2 rings (SSSR count). The van der Waals surface area contributed by atoms with Crippen LogP contribution in [0.25, 0.3) is 0 Å². The molecule has 0 radical (unpaired) electrons. The van der Waals surface area contributed by atoms with E-state index in [4.69, 9.17) is 15.2 Å². The Bertz CT molecular complexity index is 1450. The third-order valence-electron chi connectivity index (χ3n) is 7.61. The van der Waals surface area contributed by atoms with Gasteiger partial charge in [0.2, 0.25) is 17.7 Å². The predicted octanol–water partition coefficient (Wildman–Crippen LogP) is 5.31. The van der Waals surface area contributed by atoms with Crippen molar-refractivity contribution in [3.8, 4) is 5.75 Å². The highest BCUT2D eigenvalue weighted by molar-refractivity contribution is 5.94. The maximum atomic E-state index is 14.7. The molecule has 4 amide bonds. The Morgan fingerprint density at radius 3 is 1.90 bits per heavy atom. The second-order valence-corrected chi connectivity index (χ2v) is 15.0. The van der Waals surface area contributed by atoms with Gasteiger partial charge in [-0.1, -0.05) is 62.4 Å². The normalized spacial score (nSPS) is 14.1. The van der Waals surface area contributed by atoms with Crippen LogP contribution in [-0.4, -0.2) is 69.1 Å². The summed E-state index contributed by atoms with van der Waals surface area (Å²) in [4.78, 5) is 69.1. The van der Waals surface area contributed by atoms with E-state index in [1.807, 2.05) is 44.2 Å². The van der Waals surface area contributed by atoms with Crippen molar-refractivity contribution >= 4 is 29.8 Å².